The highest BCUT2D eigenvalue weighted by atomic mass is 15.1. The average molecular weight is 325 g/mol. The third-order valence-electron chi connectivity index (χ3n) is 3.62. The van der Waals surface area contributed by atoms with E-state index in [1.165, 1.54) is 5.39 Å². The van der Waals surface area contributed by atoms with Crippen molar-refractivity contribution in [3.63, 3.8) is 0 Å². The van der Waals surface area contributed by atoms with Crippen LogP contribution in [0.2, 0.25) is 0 Å². The van der Waals surface area contributed by atoms with Crippen LogP contribution in [-0.4, -0.2) is 0 Å². The van der Waals surface area contributed by atoms with Crippen molar-refractivity contribution in [3.8, 4) is 0 Å². The van der Waals surface area contributed by atoms with E-state index in [0.717, 1.165) is 22.4 Å². The smallest absolute Gasteiger partial charge is 0.0857 e. The van der Waals surface area contributed by atoms with Gasteiger partial charge in [0, 0.05) is 11.1 Å². The van der Waals surface area contributed by atoms with Crippen molar-refractivity contribution in [1.82, 2.24) is 0 Å². The first-order valence-corrected chi connectivity index (χ1v) is 8.08. The van der Waals surface area contributed by atoms with Gasteiger partial charge in [-0.1, -0.05) is 72.8 Å². The molecule has 0 atom stereocenters. The number of nitrogens with zero attached hydrogens (tertiary/aromatic N) is 2. The van der Waals surface area contributed by atoms with Crippen molar-refractivity contribution in [2.75, 3.05) is 5.73 Å². The molecule has 2 N–H and O–H groups in total. The fourth-order valence-electron chi connectivity index (χ4n) is 2.36. The van der Waals surface area contributed by atoms with Crippen molar-refractivity contribution in [2.45, 2.75) is 0 Å². The third-order valence-corrected chi connectivity index (χ3v) is 3.62. The van der Waals surface area contributed by atoms with Gasteiger partial charge in [0.15, 0.2) is 0 Å². The zero-order chi connectivity index (χ0) is 17.3. The Morgan fingerprint density at radius 2 is 0.960 bits per heavy atom. The van der Waals surface area contributed by atoms with Gasteiger partial charge in [-0.05, 0) is 35.7 Å². The Morgan fingerprint density at radius 1 is 0.480 bits per heavy atom. The van der Waals surface area contributed by atoms with Crippen LogP contribution < -0.4 is 5.73 Å². The average Bonchev–Trinajstić information content (AvgIpc) is 2.69. The summed E-state index contributed by atoms with van der Waals surface area (Å²) in [5.41, 5.74) is 8.35. The van der Waals surface area contributed by atoms with Gasteiger partial charge >= 0.3 is 0 Å². The van der Waals surface area contributed by atoms with Crippen LogP contribution >= 0.6 is 0 Å². The molecule has 0 unspecified atom stereocenters. The second-order valence-corrected chi connectivity index (χ2v) is 5.44. The summed E-state index contributed by atoms with van der Waals surface area (Å²) in [5, 5.41) is 10.5. The largest absolute Gasteiger partial charge is 0.398 e. The van der Waals surface area contributed by atoms with Crippen molar-refractivity contribution in [1.29, 1.82) is 0 Å². The van der Waals surface area contributed by atoms with Crippen LogP contribution in [0, 0.1) is 0 Å². The molecule has 0 saturated carbocycles. The Labute approximate surface area is 147 Å². The van der Waals surface area contributed by atoms with Crippen molar-refractivity contribution < 1.29 is 0 Å². The Kier molecular flexibility index (Phi) is 5.52. The van der Waals surface area contributed by atoms with Gasteiger partial charge in [-0.2, -0.15) is 10.2 Å². The summed E-state index contributed by atoms with van der Waals surface area (Å²) in [6.07, 6.45) is 0. The maximum absolute atomic E-state index is 5.76. The van der Waals surface area contributed by atoms with Crippen LogP contribution in [0.1, 0.15) is 0 Å². The highest BCUT2D eigenvalue weighted by Gasteiger charge is 1.92. The normalized spacial score (nSPS) is 10.4. The van der Waals surface area contributed by atoms with Crippen LogP contribution in [0.15, 0.2) is 113 Å². The highest BCUT2D eigenvalue weighted by Crippen LogP contribution is 2.19. The Balaban J connectivity index is 0.000000150. The van der Waals surface area contributed by atoms with Gasteiger partial charge in [-0.15, -0.1) is 0 Å². The van der Waals surface area contributed by atoms with E-state index in [2.05, 4.69) is 22.4 Å². The number of nitrogens with two attached hydrogens (primary N) is 1. The number of fused-ring (bicyclic) bond motifs is 1. The first kappa shape index (κ1) is 16.4. The van der Waals surface area contributed by atoms with Crippen LogP contribution in [0.25, 0.3) is 10.8 Å². The lowest BCUT2D eigenvalue weighted by molar-refractivity contribution is 1.23. The van der Waals surface area contributed by atoms with Crippen LogP contribution in [0.3, 0.4) is 0 Å². The lowest BCUT2D eigenvalue weighted by atomic mass is 10.1. The topological polar surface area (TPSA) is 50.7 Å². The minimum Gasteiger partial charge on any atom is -0.398 e. The zero-order valence-electron chi connectivity index (χ0n) is 13.8. The lowest BCUT2D eigenvalue weighted by Gasteiger charge is -1.98. The predicted molar refractivity (Wildman–Crippen MR) is 105 cm³/mol. The molecule has 0 bridgehead atoms. The molecule has 0 heterocycles. The number of azo groups is 1. The van der Waals surface area contributed by atoms with Crippen molar-refractivity contribution in [3.05, 3.63) is 103 Å². The molecule has 4 aromatic rings. The van der Waals surface area contributed by atoms with Gasteiger partial charge in [0.25, 0.3) is 0 Å². The van der Waals surface area contributed by atoms with Gasteiger partial charge in [-0.25, -0.2) is 0 Å². The minimum atomic E-state index is 0.850. The number of hydrogen-bond donors (Lipinski definition) is 1. The summed E-state index contributed by atoms with van der Waals surface area (Å²) in [7, 11) is 0. The standard InChI is InChI=1S/C12H10N2.C10H9N/c1-3-7-11(8-4-1)13-14-12-9-5-2-6-10-12;11-10-7-3-5-8-4-1-2-6-9(8)10/h1-10H;1-7H,11H2. The van der Waals surface area contributed by atoms with Crippen molar-refractivity contribution in [2.24, 2.45) is 10.2 Å². The SMILES string of the molecule is Nc1cccc2ccccc12.c1ccc(N=Nc2ccccc2)cc1. The molecule has 0 aliphatic carbocycles. The zero-order valence-corrected chi connectivity index (χ0v) is 13.8. The molecule has 0 saturated heterocycles. The fourth-order valence-corrected chi connectivity index (χ4v) is 2.36. The molecule has 25 heavy (non-hydrogen) atoms. The molecule has 0 aromatic heterocycles. The summed E-state index contributed by atoms with van der Waals surface area (Å²) >= 11 is 0. The number of hydrogen-bond acceptors (Lipinski definition) is 3. The highest BCUT2D eigenvalue weighted by molar-refractivity contribution is 5.92. The van der Waals surface area contributed by atoms with E-state index in [9.17, 15) is 0 Å². The summed E-state index contributed by atoms with van der Waals surface area (Å²) in [6.45, 7) is 0. The summed E-state index contributed by atoms with van der Waals surface area (Å²) in [6, 6.07) is 33.4. The molecule has 122 valence electrons. The van der Waals surface area contributed by atoms with Crippen LogP contribution in [0.4, 0.5) is 17.1 Å². The summed E-state index contributed by atoms with van der Waals surface area (Å²) in [4.78, 5) is 0. The first-order chi connectivity index (χ1) is 12.3. The van der Waals surface area contributed by atoms with Gasteiger partial charge in [0.2, 0.25) is 0 Å². The molecule has 0 amide bonds. The molecule has 4 rings (SSSR count). The Morgan fingerprint density at radius 3 is 1.52 bits per heavy atom. The third kappa shape index (κ3) is 4.75. The maximum Gasteiger partial charge on any atom is 0.0857 e. The van der Waals surface area contributed by atoms with Gasteiger partial charge in [0.05, 0.1) is 11.4 Å². The van der Waals surface area contributed by atoms with Gasteiger partial charge < -0.3 is 5.73 Å². The predicted octanol–water partition coefficient (Wildman–Crippen LogP) is 6.52. The Hall–Kier alpha value is -3.46. The lowest BCUT2D eigenvalue weighted by Crippen LogP contribution is -1.84. The minimum absolute atomic E-state index is 0.850. The molecule has 3 nitrogen and oxygen atoms in total. The van der Waals surface area contributed by atoms with Gasteiger partial charge in [-0.3, -0.25) is 0 Å². The summed E-state index contributed by atoms with van der Waals surface area (Å²) < 4.78 is 0. The number of rotatable bonds is 2. The van der Waals surface area contributed by atoms with E-state index in [0.29, 0.717) is 0 Å². The molecule has 0 spiro atoms. The molecule has 0 radical (unpaired) electrons. The van der Waals surface area contributed by atoms with E-state index < -0.39 is 0 Å². The van der Waals surface area contributed by atoms with E-state index >= 15 is 0 Å². The van der Waals surface area contributed by atoms with Gasteiger partial charge in [0.1, 0.15) is 0 Å². The molecule has 0 aliphatic heterocycles. The van der Waals surface area contributed by atoms with E-state index in [1.807, 2.05) is 91.0 Å². The molecule has 4 aromatic carbocycles. The van der Waals surface area contributed by atoms with Crippen molar-refractivity contribution >= 4 is 27.8 Å². The van der Waals surface area contributed by atoms with Crippen LogP contribution in [0.5, 0.6) is 0 Å². The molecular weight excluding hydrogens is 306 g/mol. The molecular formula is C22H19N3. The second kappa shape index (κ2) is 8.41. The fraction of sp³-hybridized carbons (Fsp3) is 0. The van der Waals surface area contributed by atoms with Crippen LogP contribution in [-0.2, 0) is 0 Å². The number of nitrogen functional groups attached to an aromatic ring is 1. The van der Waals surface area contributed by atoms with E-state index in [1.54, 1.807) is 0 Å². The van der Waals surface area contributed by atoms with E-state index in [-0.39, 0.29) is 0 Å². The number of benzene rings is 4. The number of anilines is 1. The molecule has 3 heteroatoms. The maximum atomic E-state index is 5.76. The van der Waals surface area contributed by atoms with E-state index in [4.69, 9.17) is 5.73 Å². The summed E-state index contributed by atoms with van der Waals surface area (Å²) in [5.74, 6) is 0. The quantitative estimate of drug-likeness (QED) is 0.331. The first-order valence-electron chi connectivity index (χ1n) is 8.08. The second-order valence-electron chi connectivity index (χ2n) is 5.44. The Bertz CT molecular complexity index is 901. The molecule has 0 fully saturated rings. The monoisotopic (exact) mass is 325 g/mol. The molecule has 0 aliphatic rings.